The summed E-state index contributed by atoms with van der Waals surface area (Å²) in [5.74, 6) is 0.951. The number of hydrogen-bond acceptors (Lipinski definition) is 2. The van der Waals surface area contributed by atoms with Crippen molar-refractivity contribution in [1.29, 1.82) is 0 Å². The Labute approximate surface area is 65.7 Å². The summed E-state index contributed by atoms with van der Waals surface area (Å²) in [7, 11) is 0. The van der Waals surface area contributed by atoms with Crippen LogP contribution in [-0.4, -0.2) is 14.9 Å². The van der Waals surface area contributed by atoms with Gasteiger partial charge in [0.1, 0.15) is 0 Å². The zero-order chi connectivity index (χ0) is 7.84. The van der Waals surface area contributed by atoms with Crippen LogP contribution in [0.15, 0.2) is 6.20 Å². The summed E-state index contributed by atoms with van der Waals surface area (Å²) in [6, 6.07) is 0. The number of aromatic nitrogens is 2. The second kappa shape index (κ2) is 2.26. The van der Waals surface area contributed by atoms with Crippen molar-refractivity contribution in [3.63, 3.8) is 0 Å². The van der Waals surface area contributed by atoms with Crippen molar-refractivity contribution < 1.29 is 5.11 Å². The van der Waals surface area contributed by atoms with Gasteiger partial charge in [0.25, 0.3) is 0 Å². The zero-order valence-electron chi connectivity index (χ0n) is 6.62. The molecule has 0 spiro atoms. The molecular formula is C8H12N2O. The van der Waals surface area contributed by atoms with Gasteiger partial charge in [0.2, 0.25) is 0 Å². The predicted molar refractivity (Wildman–Crippen MR) is 41.5 cm³/mol. The van der Waals surface area contributed by atoms with Gasteiger partial charge >= 0.3 is 0 Å². The molecule has 0 aromatic carbocycles. The van der Waals surface area contributed by atoms with Crippen LogP contribution in [0, 0.1) is 0 Å². The third-order valence-electron chi connectivity index (χ3n) is 2.12. The lowest BCUT2D eigenvalue weighted by molar-refractivity contribution is 0.464. The fourth-order valence-electron chi connectivity index (χ4n) is 1.41. The highest BCUT2D eigenvalue weighted by molar-refractivity contribution is 5.30. The van der Waals surface area contributed by atoms with Crippen molar-refractivity contribution in [2.45, 2.75) is 32.2 Å². The van der Waals surface area contributed by atoms with E-state index in [2.05, 4.69) is 5.10 Å². The molecule has 1 N–H and O–H groups in total. The van der Waals surface area contributed by atoms with Gasteiger partial charge in [-0.1, -0.05) is 0 Å². The summed E-state index contributed by atoms with van der Waals surface area (Å²) >= 11 is 0. The topological polar surface area (TPSA) is 38.0 Å². The van der Waals surface area contributed by atoms with E-state index in [1.165, 1.54) is 19.0 Å². The van der Waals surface area contributed by atoms with Crippen LogP contribution in [0.3, 0.4) is 0 Å². The Hall–Kier alpha value is -0.990. The van der Waals surface area contributed by atoms with Crippen LogP contribution in [0.2, 0.25) is 0 Å². The highest BCUT2D eigenvalue weighted by Gasteiger charge is 2.29. The first-order chi connectivity index (χ1) is 5.33. The van der Waals surface area contributed by atoms with Gasteiger partial charge in [0.05, 0.1) is 11.9 Å². The molecule has 2 rings (SSSR count). The van der Waals surface area contributed by atoms with Crippen LogP contribution in [0.1, 0.15) is 31.4 Å². The number of hydrogen-bond donors (Lipinski definition) is 1. The largest absolute Gasteiger partial charge is 0.504 e. The number of aromatic hydroxyl groups is 1. The molecule has 1 aliphatic rings. The van der Waals surface area contributed by atoms with Gasteiger partial charge in [0, 0.05) is 12.5 Å². The Kier molecular flexibility index (Phi) is 1.37. The SMILES string of the molecule is CCn1ncc(O)c1C1CC1. The van der Waals surface area contributed by atoms with Gasteiger partial charge in [0.15, 0.2) is 5.75 Å². The molecule has 1 aromatic rings. The molecule has 1 aliphatic carbocycles. The Morgan fingerprint density at radius 2 is 2.45 bits per heavy atom. The summed E-state index contributed by atoms with van der Waals surface area (Å²) in [6.45, 7) is 2.89. The van der Waals surface area contributed by atoms with E-state index in [1.54, 1.807) is 0 Å². The summed E-state index contributed by atoms with van der Waals surface area (Å²) in [4.78, 5) is 0. The van der Waals surface area contributed by atoms with Crippen molar-refractivity contribution >= 4 is 0 Å². The molecule has 0 unspecified atom stereocenters. The molecule has 60 valence electrons. The van der Waals surface area contributed by atoms with E-state index < -0.39 is 0 Å². The summed E-state index contributed by atoms with van der Waals surface area (Å²) in [5, 5.41) is 13.5. The number of rotatable bonds is 2. The second-order valence-corrected chi connectivity index (χ2v) is 3.01. The average molecular weight is 152 g/mol. The molecule has 3 nitrogen and oxygen atoms in total. The zero-order valence-corrected chi connectivity index (χ0v) is 6.62. The van der Waals surface area contributed by atoms with Gasteiger partial charge in [-0.25, -0.2) is 0 Å². The van der Waals surface area contributed by atoms with Crippen LogP contribution in [0.5, 0.6) is 5.75 Å². The molecule has 1 saturated carbocycles. The van der Waals surface area contributed by atoms with Gasteiger partial charge in [-0.05, 0) is 19.8 Å². The molecular weight excluding hydrogens is 140 g/mol. The minimum atomic E-state index is 0.370. The van der Waals surface area contributed by atoms with Crippen LogP contribution < -0.4 is 0 Å². The molecule has 1 fully saturated rings. The Balaban J connectivity index is 2.38. The maximum absolute atomic E-state index is 9.39. The fraction of sp³-hybridized carbons (Fsp3) is 0.625. The number of nitrogens with zero attached hydrogens (tertiary/aromatic N) is 2. The molecule has 0 saturated heterocycles. The van der Waals surface area contributed by atoms with Crippen molar-refractivity contribution in [2.24, 2.45) is 0 Å². The standard InChI is InChI=1S/C8H12N2O/c1-2-10-8(6-3-4-6)7(11)5-9-10/h5-6,11H,2-4H2,1H3. The van der Waals surface area contributed by atoms with Crippen LogP contribution in [0.4, 0.5) is 0 Å². The molecule has 1 aromatic heterocycles. The Bertz CT molecular complexity index is 263. The van der Waals surface area contributed by atoms with E-state index in [9.17, 15) is 5.11 Å². The molecule has 0 atom stereocenters. The Morgan fingerprint density at radius 3 is 3.00 bits per heavy atom. The second-order valence-electron chi connectivity index (χ2n) is 3.01. The molecule has 0 amide bonds. The third kappa shape index (κ3) is 1.00. The van der Waals surface area contributed by atoms with Gasteiger partial charge in [-0.3, -0.25) is 4.68 Å². The van der Waals surface area contributed by atoms with E-state index in [4.69, 9.17) is 0 Å². The first-order valence-corrected chi connectivity index (χ1v) is 4.07. The summed E-state index contributed by atoms with van der Waals surface area (Å²) in [5.41, 5.74) is 1.03. The first kappa shape index (κ1) is 6.70. The molecule has 0 radical (unpaired) electrons. The molecule has 1 heterocycles. The van der Waals surface area contributed by atoms with Crippen molar-refractivity contribution in [1.82, 2.24) is 9.78 Å². The normalized spacial score (nSPS) is 17.2. The lowest BCUT2D eigenvalue weighted by atomic mass is 10.3. The van der Waals surface area contributed by atoms with Crippen molar-refractivity contribution in [2.75, 3.05) is 0 Å². The minimum Gasteiger partial charge on any atom is -0.504 e. The lowest BCUT2D eigenvalue weighted by Gasteiger charge is -2.01. The maximum Gasteiger partial charge on any atom is 0.157 e. The van der Waals surface area contributed by atoms with Gasteiger partial charge in [-0.2, -0.15) is 5.10 Å². The predicted octanol–water partition coefficient (Wildman–Crippen LogP) is 1.49. The smallest absolute Gasteiger partial charge is 0.157 e. The quantitative estimate of drug-likeness (QED) is 0.697. The van der Waals surface area contributed by atoms with Crippen LogP contribution in [0.25, 0.3) is 0 Å². The van der Waals surface area contributed by atoms with E-state index in [1.807, 2.05) is 11.6 Å². The van der Waals surface area contributed by atoms with E-state index in [0.717, 1.165) is 12.2 Å². The minimum absolute atomic E-state index is 0.370. The Morgan fingerprint density at radius 1 is 1.73 bits per heavy atom. The van der Waals surface area contributed by atoms with Crippen LogP contribution >= 0.6 is 0 Å². The summed E-state index contributed by atoms with van der Waals surface area (Å²) < 4.78 is 1.88. The van der Waals surface area contributed by atoms with E-state index in [-0.39, 0.29) is 0 Å². The first-order valence-electron chi connectivity index (χ1n) is 4.07. The van der Waals surface area contributed by atoms with E-state index >= 15 is 0 Å². The van der Waals surface area contributed by atoms with Gasteiger partial charge < -0.3 is 5.11 Å². The number of aryl methyl sites for hydroxylation is 1. The maximum atomic E-state index is 9.39. The summed E-state index contributed by atoms with van der Waals surface area (Å²) in [6.07, 6.45) is 3.95. The highest BCUT2D eigenvalue weighted by atomic mass is 16.3. The van der Waals surface area contributed by atoms with E-state index in [0.29, 0.717) is 11.7 Å². The average Bonchev–Trinajstić information content (AvgIpc) is 2.76. The lowest BCUT2D eigenvalue weighted by Crippen LogP contribution is -2.00. The molecule has 3 heteroatoms. The van der Waals surface area contributed by atoms with Crippen molar-refractivity contribution in [3.8, 4) is 5.75 Å². The molecule has 11 heavy (non-hydrogen) atoms. The van der Waals surface area contributed by atoms with Gasteiger partial charge in [-0.15, -0.1) is 0 Å². The van der Waals surface area contributed by atoms with Crippen molar-refractivity contribution in [3.05, 3.63) is 11.9 Å². The monoisotopic (exact) mass is 152 g/mol. The fourth-order valence-corrected chi connectivity index (χ4v) is 1.41. The molecule has 0 aliphatic heterocycles. The highest BCUT2D eigenvalue weighted by Crippen LogP contribution is 2.43. The molecule has 0 bridgehead atoms. The third-order valence-corrected chi connectivity index (χ3v) is 2.12. The van der Waals surface area contributed by atoms with Crippen LogP contribution in [-0.2, 0) is 6.54 Å².